The molecule has 68 valence electrons. The Labute approximate surface area is 84.6 Å². The monoisotopic (exact) mass is 180 g/mol. The molecule has 0 nitrogen and oxygen atoms in total. The van der Waals surface area contributed by atoms with Gasteiger partial charge in [0.05, 0.1) is 0 Å². The summed E-state index contributed by atoms with van der Waals surface area (Å²) < 4.78 is 0. The van der Waals surface area contributed by atoms with Crippen molar-refractivity contribution in [3.63, 3.8) is 0 Å². The highest BCUT2D eigenvalue weighted by Crippen LogP contribution is 1.87. The molecule has 14 heavy (non-hydrogen) atoms. The predicted molar refractivity (Wildman–Crippen MR) is 63.0 cm³/mol. The summed E-state index contributed by atoms with van der Waals surface area (Å²) in [5, 5.41) is 1.86. The lowest BCUT2D eigenvalue weighted by Gasteiger charge is -1.88. The first kappa shape index (κ1) is 10.1. The molecule has 0 atom stereocenters. The second-order valence-electron chi connectivity index (χ2n) is 2.85. The highest BCUT2D eigenvalue weighted by atomic mass is 13.9. The minimum absolute atomic E-state index is 0.921. The van der Waals surface area contributed by atoms with Gasteiger partial charge in [-0.1, -0.05) is 49.8 Å². The van der Waals surface area contributed by atoms with E-state index in [-0.39, 0.29) is 0 Å². The number of benzene rings is 1. The molecule has 0 aromatic heterocycles. The molecule has 1 aromatic carbocycles. The maximum atomic E-state index is 3.86. The molecular weight excluding hydrogens is 168 g/mol. The lowest BCUT2D eigenvalue weighted by atomic mass is 10.2. The van der Waals surface area contributed by atoms with Crippen molar-refractivity contribution in [2.75, 3.05) is 0 Å². The molecule has 0 bridgehead atoms. The second-order valence-corrected chi connectivity index (χ2v) is 2.85. The predicted octanol–water partition coefficient (Wildman–Crippen LogP) is 1.60. The van der Waals surface area contributed by atoms with Gasteiger partial charge < -0.3 is 0 Å². The van der Waals surface area contributed by atoms with Gasteiger partial charge in [0, 0.05) is 5.56 Å². The van der Waals surface area contributed by atoms with Gasteiger partial charge in [-0.15, -0.1) is 0 Å². The topological polar surface area (TPSA) is 0 Å². The summed E-state index contributed by atoms with van der Waals surface area (Å²) in [4.78, 5) is 0. The summed E-state index contributed by atoms with van der Waals surface area (Å²) in [6, 6.07) is 5.78. The van der Waals surface area contributed by atoms with E-state index in [0.717, 1.165) is 16.0 Å². The Bertz CT molecular complexity index is 507. The van der Waals surface area contributed by atoms with Crippen LogP contribution in [0.5, 0.6) is 0 Å². The first-order valence-corrected chi connectivity index (χ1v) is 4.31. The van der Waals surface area contributed by atoms with Crippen LogP contribution >= 0.6 is 0 Å². The number of hydrogen-bond acceptors (Lipinski definition) is 0. The summed E-state index contributed by atoms with van der Waals surface area (Å²) in [5.41, 5.74) is 0.955. The number of rotatable bonds is 1. The SMILES string of the molecule is C=C/C=C/C#Cc1ccc(=C)c(=C)c1. The fraction of sp³-hybridized carbons (Fsp3) is 0. The van der Waals surface area contributed by atoms with Crippen LogP contribution in [-0.2, 0) is 0 Å². The lowest BCUT2D eigenvalue weighted by molar-refractivity contribution is 1.51. The zero-order valence-corrected chi connectivity index (χ0v) is 8.09. The maximum Gasteiger partial charge on any atom is 0.0254 e. The zero-order chi connectivity index (χ0) is 10.4. The van der Waals surface area contributed by atoms with Gasteiger partial charge in [-0.3, -0.25) is 0 Å². The summed E-state index contributed by atoms with van der Waals surface area (Å²) >= 11 is 0. The van der Waals surface area contributed by atoms with Crippen LogP contribution in [0.1, 0.15) is 5.56 Å². The fourth-order valence-electron chi connectivity index (χ4n) is 0.945. The Morgan fingerprint density at radius 2 is 1.93 bits per heavy atom. The Hall–Kier alpha value is -2.00. The molecule has 0 radical (unpaired) electrons. The molecule has 0 saturated carbocycles. The Morgan fingerprint density at radius 3 is 2.57 bits per heavy atom. The molecule has 0 aliphatic heterocycles. The van der Waals surface area contributed by atoms with E-state index in [1.165, 1.54) is 0 Å². The fourth-order valence-corrected chi connectivity index (χ4v) is 0.945. The van der Waals surface area contributed by atoms with E-state index >= 15 is 0 Å². The molecule has 0 fully saturated rings. The van der Waals surface area contributed by atoms with Crippen LogP contribution in [0.2, 0.25) is 0 Å². The molecule has 0 aliphatic carbocycles. The normalized spacial score (nSPS) is 9.43. The summed E-state index contributed by atoms with van der Waals surface area (Å²) in [7, 11) is 0. The summed E-state index contributed by atoms with van der Waals surface area (Å²) in [6.07, 6.45) is 5.25. The molecule has 1 rings (SSSR count). The van der Waals surface area contributed by atoms with Crippen LogP contribution in [0.3, 0.4) is 0 Å². The molecule has 0 heterocycles. The van der Waals surface area contributed by atoms with Gasteiger partial charge >= 0.3 is 0 Å². The first-order chi connectivity index (χ1) is 6.74. The molecule has 0 unspecified atom stereocenters. The molecule has 0 heteroatoms. The molecule has 0 saturated heterocycles. The van der Waals surface area contributed by atoms with Gasteiger partial charge in [0.25, 0.3) is 0 Å². The highest BCUT2D eigenvalue weighted by molar-refractivity contribution is 5.38. The largest absolute Gasteiger partial charge is 0.0990 e. The zero-order valence-electron chi connectivity index (χ0n) is 8.09. The number of allylic oxidation sites excluding steroid dienone is 3. The second kappa shape index (κ2) is 4.89. The quantitative estimate of drug-likeness (QED) is 0.455. The lowest BCUT2D eigenvalue weighted by Crippen LogP contribution is -2.20. The van der Waals surface area contributed by atoms with Crippen LogP contribution in [0.15, 0.2) is 43.0 Å². The van der Waals surface area contributed by atoms with Crippen molar-refractivity contribution in [2.45, 2.75) is 0 Å². The molecule has 0 spiro atoms. The molecular formula is C14H12. The van der Waals surface area contributed by atoms with Crippen molar-refractivity contribution < 1.29 is 0 Å². The molecule has 0 N–H and O–H groups in total. The van der Waals surface area contributed by atoms with Gasteiger partial charge in [-0.2, -0.15) is 0 Å². The van der Waals surface area contributed by atoms with E-state index in [1.54, 1.807) is 18.2 Å². The van der Waals surface area contributed by atoms with E-state index < -0.39 is 0 Å². The van der Waals surface area contributed by atoms with Crippen molar-refractivity contribution >= 4 is 13.2 Å². The van der Waals surface area contributed by atoms with Gasteiger partial charge in [0.15, 0.2) is 0 Å². The van der Waals surface area contributed by atoms with Gasteiger partial charge in [-0.05, 0) is 28.6 Å². The van der Waals surface area contributed by atoms with Gasteiger partial charge in [-0.25, -0.2) is 0 Å². The van der Waals surface area contributed by atoms with Crippen molar-refractivity contribution in [1.82, 2.24) is 0 Å². The van der Waals surface area contributed by atoms with Crippen molar-refractivity contribution in [2.24, 2.45) is 0 Å². The molecule has 0 amide bonds. The third kappa shape index (κ3) is 2.80. The third-order valence-electron chi connectivity index (χ3n) is 1.74. The minimum Gasteiger partial charge on any atom is -0.0990 e. The molecule has 1 aromatic rings. The third-order valence-corrected chi connectivity index (χ3v) is 1.74. The number of hydrogen-bond donors (Lipinski definition) is 0. The van der Waals surface area contributed by atoms with Crippen LogP contribution in [0.25, 0.3) is 13.2 Å². The van der Waals surface area contributed by atoms with Crippen LogP contribution in [-0.4, -0.2) is 0 Å². The Kier molecular flexibility index (Phi) is 3.52. The highest BCUT2D eigenvalue weighted by Gasteiger charge is 1.84. The van der Waals surface area contributed by atoms with Crippen molar-refractivity contribution in [1.29, 1.82) is 0 Å². The van der Waals surface area contributed by atoms with E-state index in [4.69, 9.17) is 0 Å². The average molecular weight is 180 g/mol. The van der Waals surface area contributed by atoms with E-state index in [9.17, 15) is 0 Å². The van der Waals surface area contributed by atoms with Gasteiger partial charge in [0.2, 0.25) is 0 Å². The van der Waals surface area contributed by atoms with Crippen LogP contribution in [0, 0.1) is 11.8 Å². The van der Waals surface area contributed by atoms with Gasteiger partial charge in [0.1, 0.15) is 0 Å². The average Bonchev–Trinajstić information content (AvgIpc) is 2.18. The van der Waals surface area contributed by atoms with Crippen LogP contribution in [0.4, 0.5) is 0 Å². The van der Waals surface area contributed by atoms with Crippen molar-refractivity contribution in [3.8, 4) is 11.8 Å². The van der Waals surface area contributed by atoms with E-state index in [1.807, 2.05) is 18.2 Å². The smallest absolute Gasteiger partial charge is 0.0254 e. The van der Waals surface area contributed by atoms with Crippen LogP contribution < -0.4 is 10.4 Å². The Balaban J connectivity index is 2.97. The van der Waals surface area contributed by atoms with E-state index in [0.29, 0.717) is 0 Å². The summed E-state index contributed by atoms with van der Waals surface area (Å²) in [6.45, 7) is 11.3. The summed E-state index contributed by atoms with van der Waals surface area (Å²) in [5.74, 6) is 5.89. The standard InChI is InChI=1S/C14H12/c1-4-5-6-7-8-14-10-9-12(2)13(3)11-14/h4-6,9-11H,1-3H2/b6-5+. The minimum atomic E-state index is 0.921. The van der Waals surface area contributed by atoms with E-state index in [2.05, 4.69) is 31.6 Å². The first-order valence-electron chi connectivity index (χ1n) is 4.31. The molecule has 0 aliphatic rings. The Morgan fingerprint density at radius 1 is 1.14 bits per heavy atom. The maximum absolute atomic E-state index is 3.86. The van der Waals surface area contributed by atoms with Crippen molar-refractivity contribution in [3.05, 3.63) is 59.0 Å².